The Balaban J connectivity index is 1.65. The van der Waals surface area contributed by atoms with Crippen LogP contribution in [0, 0.1) is 0 Å². The zero-order valence-corrected chi connectivity index (χ0v) is 12.3. The van der Waals surface area contributed by atoms with Crippen LogP contribution in [-0.4, -0.2) is 34.9 Å². The zero-order chi connectivity index (χ0) is 15.1. The molecule has 5 heteroatoms. The molecular weight excluding hydrogens is 268 g/mol. The largest absolute Gasteiger partial charge is 0.508 e. The van der Waals surface area contributed by atoms with E-state index in [1.807, 2.05) is 6.07 Å². The third-order valence-electron chi connectivity index (χ3n) is 3.97. The predicted octanol–water partition coefficient (Wildman–Crippen LogP) is 1.93. The van der Waals surface area contributed by atoms with Crippen molar-refractivity contribution in [3.8, 4) is 5.75 Å². The lowest BCUT2D eigenvalue weighted by molar-refractivity contribution is 0.00720. The number of hydrogen-bond donors (Lipinski definition) is 4. The van der Waals surface area contributed by atoms with Crippen LogP contribution in [0.1, 0.15) is 37.7 Å². The lowest BCUT2D eigenvalue weighted by Crippen LogP contribution is -2.47. The van der Waals surface area contributed by atoms with E-state index in [2.05, 4.69) is 10.6 Å². The molecule has 5 nitrogen and oxygen atoms in total. The number of hydrogen-bond acceptors (Lipinski definition) is 3. The highest BCUT2D eigenvalue weighted by atomic mass is 16.3. The fourth-order valence-electron chi connectivity index (χ4n) is 2.73. The summed E-state index contributed by atoms with van der Waals surface area (Å²) in [5.74, 6) is 0.233. The Kier molecular flexibility index (Phi) is 5.44. The molecule has 0 aromatic heterocycles. The fraction of sp³-hybridized carbons (Fsp3) is 0.562. The lowest BCUT2D eigenvalue weighted by Gasteiger charge is -2.32. The van der Waals surface area contributed by atoms with Gasteiger partial charge in [-0.3, -0.25) is 0 Å². The van der Waals surface area contributed by atoms with Gasteiger partial charge in [-0.2, -0.15) is 0 Å². The summed E-state index contributed by atoms with van der Waals surface area (Å²) in [6, 6.07) is 6.74. The van der Waals surface area contributed by atoms with Gasteiger partial charge in [0.05, 0.1) is 5.60 Å². The maximum absolute atomic E-state index is 11.7. The van der Waals surface area contributed by atoms with Gasteiger partial charge < -0.3 is 20.8 Å². The van der Waals surface area contributed by atoms with Crippen molar-refractivity contribution >= 4 is 6.03 Å². The topological polar surface area (TPSA) is 81.6 Å². The molecule has 2 amide bonds. The predicted molar refractivity (Wildman–Crippen MR) is 81.2 cm³/mol. The minimum atomic E-state index is -0.735. The van der Waals surface area contributed by atoms with Crippen molar-refractivity contribution in [1.29, 1.82) is 0 Å². The summed E-state index contributed by atoms with van der Waals surface area (Å²) in [6.07, 6.45) is 5.40. The van der Waals surface area contributed by atoms with Gasteiger partial charge in [-0.25, -0.2) is 4.79 Å². The fourth-order valence-corrected chi connectivity index (χ4v) is 2.73. The maximum Gasteiger partial charge on any atom is 0.314 e. The number of carbonyl (C=O) groups is 1. The van der Waals surface area contributed by atoms with E-state index >= 15 is 0 Å². The highest BCUT2D eigenvalue weighted by molar-refractivity contribution is 5.73. The third kappa shape index (κ3) is 5.27. The number of amides is 2. The Labute approximate surface area is 125 Å². The Morgan fingerprint density at radius 2 is 1.95 bits per heavy atom. The molecule has 1 saturated carbocycles. The number of carbonyl (C=O) groups excluding carboxylic acids is 1. The normalized spacial score (nSPS) is 17.2. The number of benzene rings is 1. The second kappa shape index (κ2) is 7.31. The standard InChI is InChI=1S/C16H24N2O3/c19-14-6-4-5-13(11-14)7-10-17-15(20)18-12-16(21)8-2-1-3-9-16/h4-6,11,19,21H,1-3,7-10,12H2,(H2,17,18,20). The van der Waals surface area contributed by atoms with Crippen molar-refractivity contribution in [2.75, 3.05) is 13.1 Å². The van der Waals surface area contributed by atoms with Gasteiger partial charge in [-0.15, -0.1) is 0 Å². The third-order valence-corrected chi connectivity index (χ3v) is 3.97. The molecule has 1 aliphatic rings. The molecule has 1 aromatic carbocycles. The van der Waals surface area contributed by atoms with E-state index in [0.29, 0.717) is 19.5 Å². The molecule has 0 radical (unpaired) electrons. The Morgan fingerprint density at radius 3 is 2.67 bits per heavy atom. The van der Waals surface area contributed by atoms with Crippen molar-refractivity contribution in [2.24, 2.45) is 0 Å². The number of aromatic hydroxyl groups is 1. The number of phenols is 1. The van der Waals surface area contributed by atoms with Gasteiger partial charge in [0, 0.05) is 13.1 Å². The van der Waals surface area contributed by atoms with Crippen molar-refractivity contribution in [3.63, 3.8) is 0 Å². The summed E-state index contributed by atoms with van der Waals surface area (Å²) >= 11 is 0. The molecule has 21 heavy (non-hydrogen) atoms. The smallest absolute Gasteiger partial charge is 0.314 e. The number of urea groups is 1. The van der Waals surface area contributed by atoms with E-state index in [4.69, 9.17) is 0 Å². The molecule has 0 unspecified atom stereocenters. The van der Waals surface area contributed by atoms with Crippen LogP contribution in [0.3, 0.4) is 0 Å². The quantitative estimate of drug-likeness (QED) is 0.669. The number of rotatable bonds is 5. The van der Waals surface area contributed by atoms with Crippen LogP contribution < -0.4 is 10.6 Å². The molecule has 0 aliphatic heterocycles. The Bertz CT molecular complexity index is 470. The molecule has 0 saturated heterocycles. The molecule has 1 fully saturated rings. The molecule has 1 aliphatic carbocycles. The molecule has 0 atom stereocenters. The van der Waals surface area contributed by atoms with Gasteiger partial charge in [-0.1, -0.05) is 31.4 Å². The highest BCUT2D eigenvalue weighted by Gasteiger charge is 2.29. The average Bonchev–Trinajstić information content (AvgIpc) is 2.46. The van der Waals surface area contributed by atoms with E-state index in [0.717, 1.165) is 31.2 Å². The van der Waals surface area contributed by atoms with Gasteiger partial charge in [0.2, 0.25) is 0 Å². The summed E-state index contributed by atoms with van der Waals surface area (Å²) < 4.78 is 0. The molecular formula is C16H24N2O3. The molecule has 4 N–H and O–H groups in total. The van der Waals surface area contributed by atoms with Crippen LogP contribution in [0.25, 0.3) is 0 Å². The SMILES string of the molecule is O=C(NCCc1cccc(O)c1)NCC1(O)CCCCC1. The molecule has 0 heterocycles. The molecule has 2 rings (SSSR count). The molecule has 116 valence electrons. The van der Waals surface area contributed by atoms with Crippen LogP contribution in [-0.2, 0) is 6.42 Å². The first-order valence-corrected chi connectivity index (χ1v) is 7.59. The van der Waals surface area contributed by atoms with E-state index in [1.165, 1.54) is 6.42 Å². The van der Waals surface area contributed by atoms with E-state index in [-0.39, 0.29) is 11.8 Å². The summed E-state index contributed by atoms with van der Waals surface area (Å²) in [4.78, 5) is 11.7. The zero-order valence-electron chi connectivity index (χ0n) is 12.3. The van der Waals surface area contributed by atoms with Crippen LogP contribution in [0.5, 0.6) is 5.75 Å². The summed E-state index contributed by atoms with van der Waals surface area (Å²) in [5.41, 5.74) is 0.238. The maximum atomic E-state index is 11.7. The molecule has 0 bridgehead atoms. The monoisotopic (exact) mass is 292 g/mol. The number of phenolic OH excluding ortho intramolecular Hbond substituents is 1. The molecule has 0 spiro atoms. The average molecular weight is 292 g/mol. The van der Waals surface area contributed by atoms with Crippen molar-refractivity contribution < 1.29 is 15.0 Å². The van der Waals surface area contributed by atoms with Crippen LogP contribution in [0.2, 0.25) is 0 Å². The van der Waals surface area contributed by atoms with Gasteiger partial charge in [-0.05, 0) is 37.0 Å². The van der Waals surface area contributed by atoms with E-state index in [9.17, 15) is 15.0 Å². The van der Waals surface area contributed by atoms with Crippen LogP contribution >= 0.6 is 0 Å². The van der Waals surface area contributed by atoms with E-state index in [1.54, 1.807) is 18.2 Å². The number of aliphatic hydroxyl groups is 1. The lowest BCUT2D eigenvalue weighted by atomic mass is 9.85. The van der Waals surface area contributed by atoms with Gasteiger partial charge in [0.1, 0.15) is 5.75 Å². The second-order valence-corrected chi connectivity index (χ2v) is 5.81. The first-order valence-electron chi connectivity index (χ1n) is 7.59. The van der Waals surface area contributed by atoms with Crippen molar-refractivity contribution in [2.45, 2.75) is 44.1 Å². The van der Waals surface area contributed by atoms with E-state index < -0.39 is 5.60 Å². The van der Waals surface area contributed by atoms with Gasteiger partial charge >= 0.3 is 6.03 Å². The Hall–Kier alpha value is -1.75. The Morgan fingerprint density at radius 1 is 1.19 bits per heavy atom. The minimum Gasteiger partial charge on any atom is -0.508 e. The summed E-state index contributed by atoms with van der Waals surface area (Å²) in [6.45, 7) is 0.804. The summed E-state index contributed by atoms with van der Waals surface area (Å²) in [5, 5.41) is 25.1. The first-order chi connectivity index (χ1) is 10.1. The highest BCUT2D eigenvalue weighted by Crippen LogP contribution is 2.27. The first kappa shape index (κ1) is 15.6. The number of nitrogens with one attached hydrogen (secondary N) is 2. The van der Waals surface area contributed by atoms with Gasteiger partial charge in [0.15, 0.2) is 0 Å². The molecule has 1 aromatic rings. The van der Waals surface area contributed by atoms with Crippen LogP contribution in [0.15, 0.2) is 24.3 Å². The second-order valence-electron chi connectivity index (χ2n) is 5.81. The van der Waals surface area contributed by atoms with Crippen molar-refractivity contribution in [3.05, 3.63) is 29.8 Å². The summed E-state index contributed by atoms with van der Waals surface area (Å²) in [7, 11) is 0. The van der Waals surface area contributed by atoms with Gasteiger partial charge in [0.25, 0.3) is 0 Å². The minimum absolute atomic E-state index is 0.233. The van der Waals surface area contributed by atoms with Crippen LogP contribution in [0.4, 0.5) is 4.79 Å². The van der Waals surface area contributed by atoms with Crippen molar-refractivity contribution in [1.82, 2.24) is 10.6 Å².